The molecule has 6 heteroatoms. The van der Waals surface area contributed by atoms with Crippen LogP contribution in [0.15, 0.2) is 54.1 Å². The Kier molecular flexibility index (Phi) is 5.13. The molecule has 5 nitrogen and oxygen atoms in total. The number of nitrogens with zero attached hydrogens (tertiary/aromatic N) is 1. The van der Waals surface area contributed by atoms with E-state index in [0.29, 0.717) is 16.3 Å². The van der Waals surface area contributed by atoms with Crippen molar-refractivity contribution in [2.45, 2.75) is 0 Å². The minimum atomic E-state index is -1.10. The highest BCUT2D eigenvalue weighted by atomic mass is 35.5. The van der Waals surface area contributed by atoms with E-state index in [-0.39, 0.29) is 11.1 Å². The highest BCUT2D eigenvalue weighted by Crippen LogP contribution is 2.15. The monoisotopic (exact) mass is 326 g/mol. The molecule has 23 heavy (non-hydrogen) atoms. The minimum Gasteiger partial charge on any atom is -0.478 e. The molecule has 0 fully saturated rings. The fourth-order valence-electron chi connectivity index (χ4n) is 1.80. The maximum absolute atomic E-state index is 12.1. The summed E-state index contributed by atoms with van der Waals surface area (Å²) in [6.45, 7) is 0. The Hall–Kier alpha value is -3.10. The van der Waals surface area contributed by atoms with E-state index >= 15 is 0 Å². The molecule has 0 radical (unpaired) electrons. The van der Waals surface area contributed by atoms with Crippen LogP contribution in [0.5, 0.6) is 0 Å². The van der Waals surface area contributed by atoms with E-state index in [4.69, 9.17) is 22.0 Å². The van der Waals surface area contributed by atoms with Gasteiger partial charge in [-0.25, -0.2) is 4.79 Å². The van der Waals surface area contributed by atoms with Gasteiger partial charge in [-0.3, -0.25) is 4.79 Å². The largest absolute Gasteiger partial charge is 0.478 e. The van der Waals surface area contributed by atoms with Crippen LogP contribution in [-0.4, -0.2) is 17.0 Å². The number of carboxylic acid groups (broad SMARTS) is 1. The van der Waals surface area contributed by atoms with Gasteiger partial charge in [-0.2, -0.15) is 5.26 Å². The third-order valence-corrected chi connectivity index (χ3v) is 3.17. The van der Waals surface area contributed by atoms with E-state index in [1.54, 1.807) is 30.3 Å². The Bertz CT molecular complexity index is 820. The standard InChI is InChI=1S/C17H11ClN2O3/c18-14-6-4-11(5-7-14)8-13(10-19)16(21)20-15-3-1-2-12(9-15)17(22)23/h1-9H,(H,20,21)(H,22,23)/b13-8-. The molecule has 0 saturated heterocycles. The molecule has 1 amide bonds. The van der Waals surface area contributed by atoms with Crippen LogP contribution < -0.4 is 5.32 Å². The topological polar surface area (TPSA) is 90.2 Å². The lowest BCUT2D eigenvalue weighted by Crippen LogP contribution is -2.13. The van der Waals surface area contributed by atoms with Crippen molar-refractivity contribution >= 4 is 35.2 Å². The zero-order valence-corrected chi connectivity index (χ0v) is 12.5. The van der Waals surface area contributed by atoms with Crippen LogP contribution in [0.3, 0.4) is 0 Å². The Morgan fingerprint density at radius 1 is 1.17 bits per heavy atom. The summed E-state index contributed by atoms with van der Waals surface area (Å²) in [4.78, 5) is 23.0. The predicted octanol–water partition coefficient (Wildman–Crippen LogP) is 3.58. The van der Waals surface area contributed by atoms with E-state index < -0.39 is 11.9 Å². The minimum absolute atomic E-state index is 0.0444. The second-order valence-corrected chi connectivity index (χ2v) is 5.00. The van der Waals surface area contributed by atoms with Gasteiger partial charge in [0.2, 0.25) is 0 Å². The van der Waals surface area contributed by atoms with Crippen molar-refractivity contribution in [2.24, 2.45) is 0 Å². The highest BCUT2D eigenvalue weighted by molar-refractivity contribution is 6.30. The molecule has 2 rings (SSSR count). The number of nitriles is 1. The van der Waals surface area contributed by atoms with E-state index in [0.717, 1.165) is 0 Å². The summed E-state index contributed by atoms with van der Waals surface area (Å²) in [5, 5.41) is 21.1. The molecule has 0 aromatic heterocycles. The predicted molar refractivity (Wildman–Crippen MR) is 87.1 cm³/mol. The second kappa shape index (κ2) is 7.25. The number of benzene rings is 2. The molecule has 2 N–H and O–H groups in total. The molecular formula is C17H11ClN2O3. The second-order valence-electron chi connectivity index (χ2n) is 4.56. The quantitative estimate of drug-likeness (QED) is 0.663. The smallest absolute Gasteiger partial charge is 0.335 e. The fraction of sp³-hybridized carbons (Fsp3) is 0. The van der Waals surface area contributed by atoms with E-state index in [1.807, 2.05) is 6.07 Å². The number of anilines is 1. The van der Waals surface area contributed by atoms with Crippen LogP contribution in [0.1, 0.15) is 15.9 Å². The lowest BCUT2D eigenvalue weighted by molar-refractivity contribution is -0.112. The average Bonchev–Trinajstić information content (AvgIpc) is 2.54. The number of hydrogen-bond donors (Lipinski definition) is 2. The van der Waals surface area contributed by atoms with Gasteiger partial charge >= 0.3 is 5.97 Å². The van der Waals surface area contributed by atoms with Crippen molar-refractivity contribution in [3.05, 3.63) is 70.3 Å². The third-order valence-electron chi connectivity index (χ3n) is 2.91. The number of halogens is 1. The molecule has 2 aromatic carbocycles. The molecule has 0 atom stereocenters. The molecule has 0 aliphatic carbocycles. The van der Waals surface area contributed by atoms with Gasteiger partial charge in [0.05, 0.1) is 5.56 Å². The van der Waals surface area contributed by atoms with Crippen LogP contribution in [-0.2, 0) is 4.79 Å². The van der Waals surface area contributed by atoms with Crippen LogP contribution in [0, 0.1) is 11.3 Å². The molecular weight excluding hydrogens is 316 g/mol. The Labute approximate surface area is 137 Å². The molecule has 2 aromatic rings. The van der Waals surface area contributed by atoms with Gasteiger partial charge in [0, 0.05) is 10.7 Å². The van der Waals surface area contributed by atoms with Gasteiger partial charge in [-0.15, -0.1) is 0 Å². The molecule has 114 valence electrons. The molecule has 0 saturated carbocycles. The Morgan fingerprint density at radius 2 is 1.87 bits per heavy atom. The molecule has 0 bridgehead atoms. The summed E-state index contributed by atoms with van der Waals surface area (Å²) in [7, 11) is 0. The van der Waals surface area contributed by atoms with Gasteiger partial charge in [0.25, 0.3) is 5.91 Å². The number of aromatic carboxylic acids is 1. The summed E-state index contributed by atoms with van der Waals surface area (Å²) in [5.74, 6) is -1.72. The lowest BCUT2D eigenvalue weighted by atomic mass is 10.1. The number of nitrogens with one attached hydrogen (secondary N) is 1. The molecule has 0 unspecified atom stereocenters. The lowest BCUT2D eigenvalue weighted by Gasteiger charge is -2.05. The van der Waals surface area contributed by atoms with Gasteiger partial charge in [-0.1, -0.05) is 29.8 Å². The summed E-state index contributed by atoms with van der Waals surface area (Å²) in [6, 6.07) is 14.3. The maximum atomic E-state index is 12.1. The third kappa shape index (κ3) is 4.43. The van der Waals surface area contributed by atoms with Crippen LogP contribution >= 0.6 is 11.6 Å². The molecule has 0 aliphatic heterocycles. The van der Waals surface area contributed by atoms with Crippen molar-refractivity contribution in [2.75, 3.05) is 5.32 Å². The molecule has 0 heterocycles. The van der Waals surface area contributed by atoms with Crippen molar-refractivity contribution in [3.63, 3.8) is 0 Å². The summed E-state index contributed by atoms with van der Waals surface area (Å²) >= 11 is 5.78. The maximum Gasteiger partial charge on any atom is 0.335 e. The zero-order valence-electron chi connectivity index (χ0n) is 11.8. The average molecular weight is 327 g/mol. The number of amides is 1. The molecule has 0 aliphatic rings. The number of carbonyl (C=O) groups excluding carboxylic acids is 1. The van der Waals surface area contributed by atoms with E-state index in [2.05, 4.69) is 5.32 Å². The first-order valence-electron chi connectivity index (χ1n) is 6.51. The van der Waals surface area contributed by atoms with Gasteiger partial charge in [-0.05, 0) is 42.0 Å². The van der Waals surface area contributed by atoms with E-state index in [9.17, 15) is 9.59 Å². The Balaban J connectivity index is 2.21. The highest BCUT2D eigenvalue weighted by Gasteiger charge is 2.11. The first-order chi connectivity index (χ1) is 11.0. The number of rotatable bonds is 4. The van der Waals surface area contributed by atoms with Crippen molar-refractivity contribution in [1.82, 2.24) is 0 Å². The normalized spacial score (nSPS) is 10.7. The van der Waals surface area contributed by atoms with Crippen molar-refractivity contribution in [1.29, 1.82) is 5.26 Å². The van der Waals surface area contributed by atoms with Gasteiger partial charge < -0.3 is 10.4 Å². The zero-order chi connectivity index (χ0) is 16.8. The Morgan fingerprint density at radius 3 is 2.48 bits per heavy atom. The summed E-state index contributed by atoms with van der Waals surface area (Å²) in [6.07, 6.45) is 1.42. The fourth-order valence-corrected chi connectivity index (χ4v) is 1.93. The van der Waals surface area contributed by atoms with Crippen molar-refractivity contribution in [3.8, 4) is 6.07 Å². The summed E-state index contributed by atoms with van der Waals surface area (Å²) < 4.78 is 0. The number of carbonyl (C=O) groups is 2. The first kappa shape index (κ1) is 16.3. The van der Waals surface area contributed by atoms with Crippen LogP contribution in [0.2, 0.25) is 5.02 Å². The van der Waals surface area contributed by atoms with Crippen LogP contribution in [0.25, 0.3) is 6.08 Å². The van der Waals surface area contributed by atoms with Crippen LogP contribution in [0.4, 0.5) is 5.69 Å². The van der Waals surface area contributed by atoms with Gasteiger partial charge in [0.15, 0.2) is 0 Å². The first-order valence-corrected chi connectivity index (χ1v) is 6.89. The SMILES string of the molecule is N#C/C(=C/c1ccc(Cl)cc1)C(=O)Nc1cccc(C(=O)O)c1. The molecule has 0 spiro atoms. The van der Waals surface area contributed by atoms with E-state index in [1.165, 1.54) is 24.3 Å². The number of hydrogen-bond acceptors (Lipinski definition) is 3. The van der Waals surface area contributed by atoms with Crippen molar-refractivity contribution < 1.29 is 14.7 Å². The number of carboxylic acids is 1. The van der Waals surface area contributed by atoms with Gasteiger partial charge in [0.1, 0.15) is 11.6 Å². The summed E-state index contributed by atoms with van der Waals surface area (Å²) in [5.41, 5.74) is 0.892.